The van der Waals surface area contributed by atoms with Crippen LogP contribution in [-0.4, -0.2) is 48.8 Å². The van der Waals surface area contributed by atoms with Gasteiger partial charge in [-0.15, -0.1) is 0 Å². The van der Waals surface area contributed by atoms with Gasteiger partial charge in [0.1, 0.15) is 18.5 Å². The normalized spacial score (nSPS) is 12.8. The van der Waals surface area contributed by atoms with Crippen molar-refractivity contribution in [2.75, 3.05) is 31.7 Å². The zero-order valence-corrected chi connectivity index (χ0v) is 18.1. The van der Waals surface area contributed by atoms with Gasteiger partial charge >= 0.3 is 6.09 Å². The SMILES string of the molecule is CCO[C@@H](CCO)[C@@H](OC(=O)Nc1cccc2ccccc12)c1ccc(OCCO)cc1. The van der Waals surface area contributed by atoms with Crippen LogP contribution in [0.15, 0.2) is 66.7 Å². The number of ether oxygens (including phenoxy) is 3. The van der Waals surface area contributed by atoms with Gasteiger partial charge in [-0.1, -0.05) is 48.5 Å². The highest BCUT2D eigenvalue weighted by molar-refractivity contribution is 6.00. The molecule has 1 amide bonds. The Morgan fingerprint density at radius 2 is 1.72 bits per heavy atom. The van der Waals surface area contributed by atoms with E-state index < -0.39 is 18.3 Å². The Hall–Kier alpha value is -3.13. The summed E-state index contributed by atoms with van der Waals surface area (Å²) >= 11 is 0. The summed E-state index contributed by atoms with van der Waals surface area (Å²) < 4.78 is 17.0. The Morgan fingerprint density at radius 3 is 2.44 bits per heavy atom. The Kier molecular flexibility index (Phi) is 8.86. The van der Waals surface area contributed by atoms with Crippen molar-refractivity contribution in [3.05, 3.63) is 72.3 Å². The van der Waals surface area contributed by atoms with Crippen molar-refractivity contribution < 1.29 is 29.2 Å². The number of hydrogen-bond donors (Lipinski definition) is 3. The minimum absolute atomic E-state index is 0.0786. The summed E-state index contributed by atoms with van der Waals surface area (Å²) in [4.78, 5) is 12.9. The van der Waals surface area contributed by atoms with E-state index in [0.717, 1.165) is 10.8 Å². The summed E-state index contributed by atoms with van der Waals surface area (Å²) in [7, 11) is 0. The van der Waals surface area contributed by atoms with Crippen LogP contribution >= 0.6 is 0 Å². The molecule has 0 fully saturated rings. The fourth-order valence-corrected chi connectivity index (χ4v) is 3.53. The zero-order chi connectivity index (χ0) is 22.8. The van der Waals surface area contributed by atoms with Crippen LogP contribution in [-0.2, 0) is 9.47 Å². The van der Waals surface area contributed by atoms with Crippen molar-refractivity contribution in [2.45, 2.75) is 25.6 Å². The maximum absolute atomic E-state index is 12.9. The second kappa shape index (κ2) is 12.0. The van der Waals surface area contributed by atoms with Crippen molar-refractivity contribution in [3.8, 4) is 5.75 Å². The summed E-state index contributed by atoms with van der Waals surface area (Å²) in [5, 5.41) is 23.2. The number of fused-ring (bicyclic) bond motifs is 1. The van der Waals surface area contributed by atoms with Crippen molar-refractivity contribution in [1.29, 1.82) is 0 Å². The van der Waals surface area contributed by atoms with Gasteiger partial charge in [0.2, 0.25) is 0 Å². The molecule has 0 spiro atoms. The monoisotopic (exact) mass is 439 g/mol. The molecule has 3 N–H and O–H groups in total. The first-order chi connectivity index (χ1) is 15.7. The van der Waals surface area contributed by atoms with Crippen molar-refractivity contribution in [3.63, 3.8) is 0 Å². The fourth-order valence-electron chi connectivity index (χ4n) is 3.53. The first-order valence-corrected chi connectivity index (χ1v) is 10.7. The first kappa shape index (κ1) is 23.5. The molecular formula is C25H29NO6. The molecule has 0 saturated heterocycles. The molecule has 3 aromatic rings. The molecule has 0 unspecified atom stereocenters. The maximum Gasteiger partial charge on any atom is 0.412 e. The van der Waals surface area contributed by atoms with E-state index in [1.165, 1.54) is 0 Å². The van der Waals surface area contributed by atoms with Crippen LogP contribution in [0.3, 0.4) is 0 Å². The molecule has 0 aliphatic carbocycles. The average molecular weight is 440 g/mol. The van der Waals surface area contributed by atoms with Gasteiger partial charge in [0.25, 0.3) is 0 Å². The lowest BCUT2D eigenvalue weighted by atomic mass is 10.0. The van der Waals surface area contributed by atoms with Gasteiger partial charge < -0.3 is 24.4 Å². The van der Waals surface area contributed by atoms with E-state index in [-0.39, 0.29) is 19.8 Å². The number of benzene rings is 3. The van der Waals surface area contributed by atoms with Gasteiger partial charge in [0.05, 0.1) is 12.3 Å². The summed E-state index contributed by atoms with van der Waals surface area (Å²) in [6.07, 6.45) is -1.56. The predicted octanol–water partition coefficient (Wildman–Crippen LogP) is 4.29. The Labute approximate surface area is 187 Å². The number of aliphatic hydroxyl groups excluding tert-OH is 2. The van der Waals surface area contributed by atoms with E-state index in [0.29, 0.717) is 30.0 Å². The number of carbonyl (C=O) groups excluding carboxylic acids is 1. The molecule has 0 saturated carbocycles. The minimum Gasteiger partial charge on any atom is -0.491 e. The summed E-state index contributed by atoms with van der Waals surface area (Å²) in [6, 6.07) is 20.5. The van der Waals surface area contributed by atoms with Crippen LogP contribution in [0.25, 0.3) is 10.8 Å². The lowest BCUT2D eigenvalue weighted by Crippen LogP contribution is -2.29. The average Bonchev–Trinajstić information content (AvgIpc) is 2.82. The number of hydrogen-bond acceptors (Lipinski definition) is 6. The molecule has 0 aliphatic rings. The molecule has 7 heteroatoms. The lowest BCUT2D eigenvalue weighted by Gasteiger charge is -2.27. The third kappa shape index (κ3) is 6.20. The molecule has 0 aromatic heterocycles. The van der Waals surface area contributed by atoms with Crippen molar-refractivity contribution >= 4 is 22.6 Å². The van der Waals surface area contributed by atoms with Crippen LogP contribution in [0.5, 0.6) is 5.75 Å². The van der Waals surface area contributed by atoms with Crippen LogP contribution in [0.2, 0.25) is 0 Å². The van der Waals surface area contributed by atoms with Gasteiger partial charge in [-0.2, -0.15) is 0 Å². The standard InChI is InChI=1S/C25H29NO6/c1-2-30-23(14-15-27)24(19-10-12-20(13-11-19)31-17-16-28)32-25(29)26-22-9-5-7-18-6-3-4-8-21(18)22/h3-13,23-24,27-28H,2,14-17H2,1H3,(H,26,29)/t23-,24-/m0/s1. The summed E-state index contributed by atoms with van der Waals surface area (Å²) in [5.41, 5.74) is 1.36. The molecule has 170 valence electrons. The predicted molar refractivity (Wildman–Crippen MR) is 123 cm³/mol. The topological polar surface area (TPSA) is 97.2 Å². The third-order valence-corrected chi connectivity index (χ3v) is 4.96. The minimum atomic E-state index is -0.732. The van der Waals surface area contributed by atoms with Gasteiger partial charge in [0, 0.05) is 25.0 Å². The quantitative estimate of drug-likeness (QED) is 0.412. The van der Waals surface area contributed by atoms with Gasteiger partial charge in [0.15, 0.2) is 6.10 Å². The Bertz CT molecular complexity index is 980. The van der Waals surface area contributed by atoms with Gasteiger partial charge in [-0.25, -0.2) is 4.79 Å². The van der Waals surface area contributed by atoms with Crippen LogP contribution in [0.1, 0.15) is 25.0 Å². The smallest absolute Gasteiger partial charge is 0.412 e. The molecule has 3 rings (SSSR count). The van der Waals surface area contributed by atoms with Gasteiger partial charge in [-0.05, 0) is 36.1 Å². The number of amides is 1. The summed E-state index contributed by atoms with van der Waals surface area (Å²) in [6.45, 7) is 2.27. The molecule has 0 bridgehead atoms. The van der Waals surface area contributed by atoms with E-state index in [4.69, 9.17) is 19.3 Å². The Morgan fingerprint density at radius 1 is 0.969 bits per heavy atom. The van der Waals surface area contributed by atoms with E-state index in [1.807, 2.05) is 49.4 Å². The van der Waals surface area contributed by atoms with E-state index in [2.05, 4.69) is 5.32 Å². The third-order valence-electron chi connectivity index (χ3n) is 4.96. The number of nitrogens with one attached hydrogen (secondary N) is 1. The van der Waals surface area contributed by atoms with Crippen molar-refractivity contribution in [2.24, 2.45) is 0 Å². The molecule has 0 aliphatic heterocycles. The number of rotatable bonds is 11. The van der Waals surface area contributed by atoms with Crippen LogP contribution in [0, 0.1) is 0 Å². The zero-order valence-electron chi connectivity index (χ0n) is 18.1. The van der Waals surface area contributed by atoms with E-state index in [1.54, 1.807) is 24.3 Å². The molecule has 0 radical (unpaired) electrons. The number of anilines is 1. The largest absolute Gasteiger partial charge is 0.491 e. The number of carbonyl (C=O) groups is 1. The van der Waals surface area contributed by atoms with E-state index in [9.17, 15) is 9.90 Å². The second-order valence-corrected chi connectivity index (χ2v) is 7.12. The molecule has 3 aromatic carbocycles. The highest BCUT2D eigenvalue weighted by atomic mass is 16.6. The molecule has 2 atom stereocenters. The molecule has 32 heavy (non-hydrogen) atoms. The molecule has 0 heterocycles. The highest BCUT2D eigenvalue weighted by Gasteiger charge is 2.28. The van der Waals surface area contributed by atoms with Crippen LogP contribution in [0.4, 0.5) is 10.5 Å². The molecular weight excluding hydrogens is 410 g/mol. The Balaban J connectivity index is 1.81. The fraction of sp³-hybridized carbons (Fsp3) is 0.320. The van der Waals surface area contributed by atoms with E-state index >= 15 is 0 Å². The molecule has 7 nitrogen and oxygen atoms in total. The lowest BCUT2D eigenvalue weighted by molar-refractivity contribution is -0.0484. The first-order valence-electron chi connectivity index (χ1n) is 10.7. The summed E-state index contributed by atoms with van der Waals surface area (Å²) in [5.74, 6) is 0.594. The van der Waals surface area contributed by atoms with Crippen LogP contribution < -0.4 is 10.1 Å². The maximum atomic E-state index is 12.9. The van der Waals surface area contributed by atoms with Gasteiger partial charge in [-0.3, -0.25) is 5.32 Å². The van der Waals surface area contributed by atoms with Crippen molar-refractivity contribution in [1.82, 2.24) is 0 Å². The highest BCUT2D eigenvalue weighted by Crippen LogP contribution is 2.29. The number of aliphatic hydroxyl groups is 2. The second-order valence-electron chi connectivity index (χ2n) is 7.12.